The Morgan fingerprint density at radius 1 is 1.14 bits per heavy atom. The van der Waals surface area contributed by atoms with Crippen molar-refractivity contribution in [1.29, 1.82) is 0 Å². The minimum Gasteiger partial charge on any atom is -0.494 e. The first-order valence-electron chi connectivity index (χ1n) is 10.9. The van der Waals surface area contributed by atoms with Crippen molar-refractivity contribution in [3.8, 4) is 5.75 Å². The van der Waals surface area contributed by atoms with Gasteiger partial charge in [-0.3, -0.25) is 9.59 Å². The number of aromatic nitrogens is 1. The lowest BCUT2D eigenvalue weighted by molar-refractivity contribution is -0.113. The van der Waals surface area contributed by atoms with E-state index in [-0.39, 0.29) is 41.1 Å². The molecular formula is C26H23F2NO5S. The summed E-state index contributed by atoms with van der Waals surface area (Å²) in [6.07, 6.45) is 5.98. The number of benzene rings is 2. The summed E-state index contributed by atoms with van der Waals surface area (Å²) in [5, 5.41) is 0.472. The van der Waals surface area contributed by atoms with Gasteiger partial charge in [0.15, 0.2) is 21.4 Å². The monoisotopic (exact) mass is 499 g/mol. The third-order valence-electron chi connectivity index (χ3n) is 5.61. The highest BCUT2D eigenvalue weighted by molar-refractivity contribution is 7.91. The lowest BCUT2D eigenvalue weighted by atomic mass is 9.92. The van der Waals surface area contributed by atoms with E-state index in [4.69, 9.17) is 4.74 Å². The molecule has 0 aliphatic heterocycles. The molecule has 182 valence electrons. The largest absolute Gasteiger partial charge is 0.494 e. The number of fused-ring (bicyclic) bond motifs is 1. The van der Waals surface area contributed by atoms with Crippen LogP contribution >= 0.6 is 0 Å². The summed E-state index contributed by atoms with van der Waals surface area (Å²) < 4.78 is 59.6. The number of carbonyl (C=O) groups is 2. The van der Waals surface area contributed by atoms with Crippen LogP contribution in [0.25, 0.3) is 16.5 Å². The average molecular weight is 500 g/mol. The molecule has 0 amide bonds. The molecule has 1 heterocycles. The molecule has 0 saturated carbocycles. The fourth-order valence-corrected chi connectivity index (χ4v) is 4.84. The zero-order chi connectivity index (χ0) is 25.3. The topological polar surface area (TPSA) is 82.4 Å². The molecule has 0 spiro atoms. The van der Waals surface area contributed by atoms with Gasteiger partial charge in [-0.1, -0.05) is 18.2 Å². The number of hydrogen-bond acceptors (Lipinski definition) is 5. The number of ether oxygens (including phenoxy) is 1. The number of ketones is 2. The van der Waals surface area contributed by atoms with Crippen LogP contribution in [0.2, 0.25) is 0 Å². The van der Waals surface area contributed by atoms with E-state index >= 15 is 0 Å². The Hall–Kier alpha value is -3.59. The van der Waals surface area contributed by atoms with Crippen LogP contribution in [0.4, 0.5) is 8.78 Å². The molecular weight excluding hydrogens is 476 g/mol. The Morgan fingerprint density at radius 3 is 2.60 bits per heavy atom. The summed E-state index contributed by atoms with van der Waals surface area (Å²) in [5.74, 6) is -2.67. The second-order valence-corrected chi connectivity index (χ2v) is 10.4. The van der Waals surface area contributed by atoms with Gasteiger partial charge in [-0.05, 0) is 43.3 Å². The molecule has 9 heteroatoms. The van der Waals surface area contributed by atoms with Gasteiger partial charge in [0.05, 0.1) is 18.8 Å². The predicted octanol–water partition coefficient (Wildman–Crippen LogP) is 4.51. The lowest BCUT2D eigenvalue weighted by Crippen LogP contribution is -2.21. The van der Waals surface area contributed by atoms with Crippen molar-refractivity contribution in [1.82, 2.24) is 4.57 Å². The van der Waals surface area contributed by atoms with Crippen molar-refractivity contribution < 1.29 is 31.5 Å². The van der Waals surface area contributed by atoms with Crippen molar-refractivity contribution in [2.45, 2.75) is 19.9 Å². The number of sulfone groups is 1. The molecule has 4 rings (SSSR count). The average Bonchev–Trinajstić information content (AvgIpc) is 3.09. The number of rotatable bonds is 8. The van der Waals surface area contributed by atoms with E-state index in [1.807, 2.05) is 6.92 Å². The summed E-state index contributed by atoms with van der Waals surface area (Å²) >= 11 is 0. The van der Waals surface area contributed by atoms with Gasteiger partial charge in [0.25, 0.3) is 0 Å². The first-order chi connectivity index (χ1) is 16.6. The fraction of sp³-hybridized carbons (Fsp3) is 0.231. The summed E-state index contributed by atoms with van der Waals surface area (Å²) in [4.78, 5) is 26.3. The van der Waals surface area contributed by atoms with E-state index in [9.17, 15) is 26.8 Å². The minimum atomic E-state index is -3.73. The standard InChI is InChI=1S/C26H23F2NO5S/c1-3-34-18-9-11-22-20(13-18)25(19-6-4-5-7-23(19)30)26(24(31)15-35(2,32)33)29(22)14-16-12-17(27)8-10-21(16)28/h4-6,8-13H,3,7,14-15H2,1-2H3. The van der Waals surface area contributed by atoms with Gasteiger partial charge in [0.2, 0.25) is 0 Å². The molecule has 0 radical (unpaired) electrons. The molecule has 1 aliphatic carbocycles. The van der Waals surface area contributed by atoms with Gasteiger partial charge in [0.1, 0.15) is 23.1 Å². The fourth-order valence-electron chi connectivity index (χ4n) is 4.22. The smallest absolute Gasteiger partial charge is 0.194 e. The van der Waals surface area contributed by atoms with Crippen LogP contribution in [0, 0.1) is 11.6 Å². The molecule has 3 aromatic rings. The van der Waals surface area contributed by atoms with Crippen LogP contribution in [0.5, 0.6) is 5.75 Å². The first kappa shape index (κ1) is 24.5. The molecule has 0 atom stereocenters. The molecule has 1 aliphatic rings. The van der Waals surface area contributed by atoms with E-state index in [1.54, 1.807) is 36.4 Å². The number of allylic oxidation sites excluding steroid dienone is 4. The minimum absolute atomic E-state index is 0.0282. The Bertz CT molecular complexity index is 1520. The highest BCUT2D eigenvalue weighted by Crippen LogP contribution is 2.37. The maximum atomic E-state index is 14.6. The number of Topliss-reactive ketones (excluding diaryl/α,β-unsaturated/α-hetero) is 2. The molecule has 2 aromatic carbocycles. The van der Waals surface area contributed by atoms with E-state index in [2.05, 4.69) is 0 Å². The number of halogens is 2. The number of carbonyl (C=O) groups excluding carboxylic acids is 2. The third kappa shape index (κ3) is 5.09. The third-order valence-corrected chi connectivity index (χ3v) is 6.40. The van der Waals surface area contributed by atoms with Crippen LogP contribution in [-0.4, -0.2) is 43.2 Å². The van der Waals surface area contributed by atoms with E-state index in [0.29, 0.717) is 23.3 Å². The SMILES string of the molecule is CCOc1ccc2c(c1)c(C1=CC=CCC1=O)c(C(=O)CS(C)(=O)=O)n2Cc1cc(F)ccc1F. The van der Waals surface area contributed by atoms with E-state index in [0.717, 1.165) is 24.5 Å². The molecule has 0 unspecified atom stereocenters. The van der Waals surface area contributed by atoms with Crippen molar-refractivity contribution in [2.75, 3.05) is 18.6 Å². The number of nitrogens with zero attached hydrogens (tertiary/aromatic N) is 1. The molecule has 35 heavy (non-hydrogen) atoms. The van der Waals surface area contributed by atoms with Crippen LogP contribution in [0.3, 0.4) is 0 Å². The Morgan fingerprint density at radius 2 is 1.91 bits per heavy atom. The van der Waals surface area contributed by atoms with Gasteiger partial charge < -0.3 is 9.30 Å². The summed E-state index contributed by atoms with van der Waals surface area (Å²) in [7, 11) is -3.73. The molecule has 0 bridgehead atoms. The highest BCUT2D eigenvalue weighted by atomic mass is 32.2. The van der Waals surface area contributed by atoms with Gasteiger partial charge in [-0.15, -0.1) is 0 Å². The quantitative estimate of drug-likeness (QED) is 0.426. The zero-order valence-electron chi connectivity index (χ0n) is 19.2. The normalized spacial score (nSPS) is 13.8. The Balaban J connectivity index is 2.07. The Labute approximate surface area is 201 Å². The molecule has 0 N–H and O–H groups in total. The highest BCUT2D eigenvalue weighted by Gasteiger charge is 2.30. The van der Waals surface area contributed by atoms with Gasteiger partial charge >= 0.3 is 0 Å². The maximum absolute atomic E-state index is 14.6. The van der Waals surface area contributed by atoms with Gasteiger partial charge in [0, 0.05) is 40.3 Å². The van der Waals surface area contributed by atoms with Gasteiger partial charge in [-0.2, -0.15) is 0 Å². The van der Waals surface area contributed by atoms with Crippen molar-refractivity contribution >= 4 is 37.9 Å². The van der Waals surface area contributed by atoms with E-state index in [1.165, 1.54) is 4.57 Å². The van der Waals surface area contributed by atoms with Crippen LogP contribution < -0.4 is 4.74 Å². The molecule has 0 fully saturated rings. The number of hydrogen-bond donors (Lipinski definition) is 0. The summed E-state index contributed by atoms with van der Waals surface area (Å²) in [5.41, 5.74) is 0.854. The zero-order valence-corrected chi connectivity index (χ0v) is 20.0. The van der Waals surface area contributed by atoms with Crippen molar-refractivity contribution in [3.63, 3.8) is 0 Å². The Kier molecular flexibility index (Phi) is 6.71. The van der Waals surface area contributed by atoms with Gasteiger partial charge in [-0.25, -0.2) is 17.2 Å². The maximum Gasteiger partial charge on any atom is 0.194 e. The lowest BCUT2D eigenvalue weighted by Gasteiger charge is -2.14. The molecule has 0 saturated heterocycles. The summed E-state index contributed by atoms with van der Waals surface area (Å²) in [6.45, 7) is 1.93. The van der Waals surface area contributed by atoms with Crippen LogP contribution in [0.15, 0.2) is 54.6 Å². The predicted molar refractivity (Wildman–Crippen MR) is 129 cm³/mol. The molecule has 6 nitrogen and oxygen atoms in total. The molecule has 1 aromatic heterocycles. The first-order valence-corrected chi connectivity index (χ1v) is 13.0. The van der Waals surface area contributed by atoms with Crippen LogP contribution in [0.1, 0.15) is 35.0 Å². The van der Waals surface area contributed by atoms with Crippen molar-refractivity contribution in [2.24, 2.45) is 0 Å². The van der Waals surface area contributed by atoms with Crippen LogP contribution in [-0.2, 0) is 21.2 Å². The van der Waals surface area contributed by atoms with Crippen molar-refractivity contribution in [3.05, 3.63) is 83.1 Å². The van der Waals surface area contributed by atoms with E-state index < -0.39 is 33.0 Å². The second-order valence-electron chi connectivity index (χ2n) is 8.29. The second kappa shape index (κ2) is 9.58. The summed E-state index contributed by atoms with van der Waals surface area (Å²) in [6, 6.07) is 7.97.